The second-order valence-corrected chi connectivity index (χ2v) is 4.56. The Kier molecular flexibility index (Phi) is 2.56. The number of thiophene rings is 1. The van der Waals surface area contributed by atoms with E-state index in [9.17, 15) is 4.79 Å². The van der Waals surface area contributed by atoms with E-state index < -0.39 is 0 Å². The zero-order valence-corrected chi connectivity index (χ0v) is 9.81. The number of fused-ring (bicyclic) bond motifs is 1. The molecule has 2 nitrogen and oxygen atoms in total. The molecule has 0 saturated heterocycles. The van der Waals surface area contributed by atoms with Gasteiger partial charge in [0.05, 0.1) is 7.11 Å². The van der Waals surface area contributed by atoms with Crippen LogP contribution in [0.15, 0.2) is 22.0 Å². The van der Waals surface area contributed by atoms with E-state index in [1.165, 1.54) is 0 Å². The molecular formula is C10H7BrO2S. The second kappa shape index (κ2) is 3.71. The summed E-state index contributed by atoms with van der Waals surface area (Å²) in [6, 6.07) is 3.60. The summed E-state index contributed by atoms with van der Waals surface area (Å²) in [5.74, 6) is 0.734. The monoisotopic (exact) mass is 270 g/mol. The number of ether oxygens (including phenoxy) is 1. The third-order valence-corrected chi connectivity index (χ3v) is 3.83. The van der Waals surface area contributed by atoms with Gasteiger partial charge < -0.3 is 4.74 Å². The van der Waals surface area contributed by atoms with E-state index in [4.69, 9.17) is 4.74 Å². The van der Waals surface area contributed by atoms with Crippen molar-refractivity contribution in [3.8, 4) is 5.75 Å². The molecule has 0 unspecified atom stereocenters. The van der Waals surface area contributed by atoms with Crippen molar-refractivity contribution in [2.24, 2.45) is 0 Å². The average Bonchev–Trinajstić information content (AvgIpc) is 2.59. The molecule has 2 aromatic rings. The van der Waals surface area contributed by atoms with E-state index in [0.29, 0.717) is 5.56 Å². The van der Waals surface area contributed by atoms with Gasteiger partial charge in [-0.25, -0.2) is 0 Å². The minimum atomic E-state index is 0.642. The molecule has 72 valence electrons. The molecule has 0 spiro atoms. The van der Waals surface area contributed by atoms with E-state index in [2.05, 4.69) is 15.9 Å². The first-order valence-electron chi connectivity index (χ1n) is 3.96. The molecule has 0 saturated carbocycles. The lowest BCUT2D eigenvalue weighted by molar-refractivity contribution is 0.112. The third kappa shape index (κ3) is 1.44. The number of methoxy groups -OCH3 is 1. The Morgan fingerprint density at radius 2 is 2.29 bits per heavy atom. The maximum absolute atomic E-state index is 10.7. The van der Waals surface area contributed by atoms with Crippen molar-refractivity contribution in [3.05, 3.63) is 27.5 Å². The number of aldehydes is 1. The lowest BCUT2D eigenvalue weighted by Crippen LogP contribution is -1.86. The van der Waals surface area contributed by atoms with Crippen LogP contribution in [0.25, 0.3) is 10.1 Å². The lowest BCUT2D eigenvalue weighted by Gasteiger charge is -2.03. The topological polar surface area (TPSA) is 26.3 Å². The van der Waals surface area contributed by atoms with Crippen LogP contribution in [-0.4, -0.2) is 13.4 Å². The first-order valence-corrected chi connectivity index (χ1v) is 5.63. The van der Waals surface area contributed by atoms with Gasteiger partial charge in [0.2, 0.25) is 0 Å². The number of hydrogen-bond donors (Lipinski definition) is 0. The Balaban J connectivity index is 2.82. The summed E-state index contributed by atoms with van der Waals surface area (Å²) < 4.78 is 7.29. The standard InChI is InChI=1S/C10H7BrO2S/c1-13-8-2-6(4-12)3-9-10(8)7(11)5-14-9/h2-5H,1H3. The largest absolute Gasteiger partial charge is 0.496 e. The van der Waals surface area contributed by atoms with Crippen LogP contribution in [-0.2, 0) is 0 Å². The Labute approximate surface area is 93.6 Å². The van der Waals surface area contributed by atoms with Crippen LogP contribution in [0.3, 0.4) is 0 Å². The zero-order chi connectivity index (χ0) is 10.1. The Bertz CT molecular complexity index is 490. The van der Waals surface area contributed by atoms with Crippen molar-refractivity contribution >= 4 is 43.6 Å². The molecule has 14 heavy (non-hydrogen) atoms. The fourth-order valence-corrected chi connectivity index (χ4v) is 3.04. The minimum absolute atomic E-state index is 0.642. The van der Waals surface area contributed by atoms with Gasteiger partial charge in [-0.3, -0.25) is 4.79 Å². The summed E-state index contributed by atoms with van der Waals surface area (Å²) in [4.78, 5) is 10.7. The van der Waals surface area contributed by atoms with Crippen molar-refractivity contribution in [2.75, 3.05) is 7.11 Å². The van der Waals surface area contributed by atoms with Crippen molar-refractivity contribution in [3.63, 3.8) is 0 Å². The highest BCUT2D eigenvalue weighted by atomic mass is 79.9. The predicted octanol–water partition coefficient (Wildman–Crippen LogP) is 3.48. The predicted molar refractivity (Wildman–Crippen MR) is 61.5 cm³/mol. The van der Waals surface area contributed by atoms with Gasteiger partial charge in [-0.15, -0.1) is 11.3 Å². The molecule has 0 aliphatic rings. The van der Waals surface area contributed by atoms with Crippen LogP contribution in [0.2, 0.25) is 0 Å². The highest BCUT2D eigenvalue weighted by Crippen LogP contribution is 2.37. The Hall–Kier alpha value is -0.870. The fourth-order valence-electron chi connectivity index (χ4n) is 1.34. The molecule has 0 aliphatic heterocycles. The Morgan fingerprint density at radius 3 is 2.93 bits per heavy atom. The van der Waals surface area contributed by atoms with Gasteiger partial charge in [-0.2, -0.15) is 0 Å². The Morgan fingerprint density at radius 1 is 1.50 bits per heavy atom. The van der Waals surface area contributed by atoms with Crippen LogP contribution < -0.4 is 4.74 Å². The van der Waals surface area contributed by atoms with Crippen LogP contribution >= 0.6 is 27.3 Å². The maximum atomic E-state index is 10.7. The molecule has 4 heteroatoms. The van der Waals surface area contributed by atoms with Crippen LogP contribution in [0.4, 0.5) is 0 Å². The molecule has 1 heterocycles. The van der Waals surface area contributed by atoms with E-state index in [1.54, 1.807) is 24.5 Å². The minimum Gasteiger partial charge on any atom is -0.496 e. The quantitative estimate of drug-likeness (QED) is 0.781. The van der Waals surface area contributed by atoms with E-state index >= 15 is 0 Å². The SMILES string of the molecule is COc1cc(C=O)cc2scc(Br)c12. The first kappa shape index (κ1) is 9.68. The van der Waals surface area contributed by atoms with Gasteiger partial charge in [0.15, 0.2) is 0 Å². The highest BCUT2D eigenvalue weighted by molar-refractivity contribution is 9.10. The van der Waals surface area contributed by atoms with Crippen molar-refractivity contribution in [2.45, 2.75) is 0 Å². The van der Waals surface area contributed by atoms with E-state index in [0.717, 1.165) is 26.6 Å². The van der Waals surface area contributed by atoms with Crippen molar-refractivity contribution in [1.82, 2.24) is 0 Å². The number of hydrogen-bond acceptors (Lipinski definition) is 3. The van der Waals surface area contributed by atoms with Gasteiger partial charge in [-0.05, 0) is 28.1 Å². The summed E-state index contributed by atoms with van der Waals surface area (Å²) in [7, 11) is 1.60. The van der Waals surface area contributed by atoms with Gasteiger partial charge in [-0.1, -0.05) is 0 Å². The molecule has 0 bridgehead atoms. The molecule has 0 N–H and O–H groups in total. The number of rotatable bonds is 2. The summed E-state index contributed by atoms with van der Waals surface area (Å²) >= 11 is 5.03. The molecule has 1 aromatic heterocycles. The number of carbonyl (C=O) groups is 1. The summed E-state index contributed by atoms with van der Waals surface area (Å²) in [5.41, 5.74) is 0.642. The van der Waals surface area contributed by atoms with Crippen LogP contribution in [0.1, 0.15) is 10.4 Å². The zero-order valence-electron chi connectivity index (χ0n) is 7.41. The summed E-state index contributed by atoms with van der Waals surface area (Å²) in [5, 5.41) is 3.02. The lowest BCUT2D eigenvalue weighted by atomic mass is 10.2. The van der Waals surface area contributed by atoms with E-state index in [1.807, 2.05) is 11.4 Å². The molecule has 0 atom stereocenters. The third-order valence-electron chi connectivity index (χ3n) is 1.97. The summed E-state index contributed by atoms with van der Waals surface area (Å²) in [6.07, 6.45) is 0.829. The first-order chi connectivity index (χ1) is 6.76. The molecule has 0 aliphatic carbocycles. The summed E-state index contributed by atoms with van der Waals surface area (Å²) in [6.45, 7) is 0. The smallest absolute Gasteiger partial charge is 0.150 e. The molecule has 1 aromatic carbocycles. The van der Waals surface area contributed by atoms with Crippen LogP contribution in [0, 0.1) is 0 Å². The van der Waals surface area contributed by atoms with Gasteiger partial charge >= 0.3 is 0 Å². The number of halogens is 1. The molecule has 0 amide bonds. The number of carbonyl (C=O) groups excluding carboxylic acids is 1. The molecule has 0 radical (unpaired) electrons. The normalized spacial score (nSPS) is 10.4. The van der Waals surface area contributed by atoms with E-state index in [-0.39, 0.29) is 0 Å². The van der Waals surface area contributed by atoms with Crippen molar-refractivity contribution < 1.29 is 9.53 Å². The fraction of sp³-hybridized carbons (Fsp3) is 0.100. The molecular weight excluding hydrogens is 264 g/mol. The molecule has 2 rings (SSSR count). The maximum Gasteiger partial charge on any atom is 0.150 e. The number of benzene rings is 1. The van der Waals surface area contributed by atoms with Gasteiger partial charge in [0.25, 0.3) is 0 Å². The van der Waals surface area contributed by atoms with Crippen molar-refractivity contribution in [1.29, 1.82) is 0 Å². The second-order valence-electron chi connectivity index (χ2n) is 2.80. The van der Waals surface area contributed by atoms with Gasteiger partial charge in [0.1, 0.15) is 12.0 Å². The molecule has 0 fully saturated rings. The highest BCUT2D eigenvalue weighted by Gasteiger charge is 2.09. The average molecular weight is 271 g/mol. The van der Waals surface area contributed by atoms with Crippen LogP contribution in [0.5, 0.6) is 5.75 Å². The van der Waals surface area contributed by atoms with Gasteiger partial charge in [0, 0.05) is 25.5 Å².